The molecule has 4 nitrogen and oxygen atoms in total. The van der Waals surface area contributed by atoms with E-state index < -0.39 is 0 Å². The molecule has 0 radical (unpaired) electrons. The molecule has 1 aromatic rings. The summed E-state index contributed by atoms with van der Waals surface area (Å²) >= 11 is 0. The van der Waals surface area contributed by atoms with Gasteiger partial charge in [0.2, 0.25) is 0 Å². The third-order valence-corrected chi connectivity index (χ3v) is 4.30. The van der Waals surface area contributed by atoms with E-state index in [9.17, 15) is 4.79 Å². The quantitative estimate of drug-likeness (QED) is 0.901. The van der Waals surface area contributed by atoms with Gasteiger partial charge in [0.25, 0.3) is 0 Å². The first-order valence-electron chi connectivity index (χ1n) is 8.04. The maximum Gasteiger partial charge on any atom is 0.322 e. The van der Waals surface area contributed by atoms with Gasteiger partial charge in [-0.25, -0.2) is 4.79 Å². The van der Waals surface area contributed by atoms with Gasteiger partial charge in [0.05, 0.1) is 7.11 Å². The smallest absolute Gasteiger partial charge is 0.322 e. The van der Waals surface area contributed by atoms with Crippen molar-refractivity contribution in [2.75, 3.05) is 18.6 Å². The molecule has 4 heteroatoms. The summed E-state index contributed by atoms with van der Waals surface area (Å²) in [4.78, 5) is 14.3. The number of anilines is 1. The number of nitrogens with zero attached hydrogens (tertiary/aromatic N) is 1. The molecule has 1 aromatic carbocycles. The van der Waals surface area contributed by atoms with Crippen molar-refractivity contribution >= 4 is 17.8 Å². The second-order valence-corrected chi connectivity index (χ2v) is 7.79. The molecule has 1 heterocycles. The molecular weight excluding hydrogens is 288 g/mol. The van der Waals surface area contributed by atoms with E-state index in [0.717, 1.165) is 29.0 Å². The zero-order chi connectivity index (χ0) is 17.4. The molecule has 1 saturated heterocycles. The topological polar surface area (TPSA) is 41.6 Å². The van der Waals surface area contributed by atoms with E-state index in [1.165, 1.54) is 0 Å². The summed E-state index contributed by atoms with van der Waals surface area (Å²) in [5.41, 5.74) is 2.62. The number of nitrogens with one attached hydrogen (secondary N) is 1. The van der Waals surface area contributed by atoms with Crippen LogP contribution in [-0.2, 0) is 5.41 Å². The highest BCUT2D eigenvalue weighted by atomic mass is 16.5. The van der Waals surface area contributed by atoms with Crippen LogP contribution in [0.15, 0.2) is 18.7 Å². The zero-order valence-corrected chi connectivity index (χ0v) is 15.1. The number of benzene rings is 1. The molecule has 0 atom stereocenters. The summed E-state index contributed by atoms with van der Waals surface area (Å²) in [5.74, 6) is 0.828. The van der Waals surface area contributed by atoms with Crippen molar-refractivity contribution in [1.29, 1.82) is 0 Å². The number of ether oxygens (including phenoxy) is 1. The Labute approximate surface area is 139 Å². The van der Waals surface area contributed by atoms with Crippen LogP contribution in [0.1, 0.15) is 52.2 Å². The van der Waals surface area contributed by atoms with Crippen LogP contribution in [0.25, 0.3) is 6.08 Å². The summed E-state index contributed by atoms with van der Waals surface area (Å²) in [6.45, 7) is 15.1. The molecular formula is C19H28N2O2. The highest BCUT2D eigenvalue weighted by molar-refractivity contribution is 5.94. The fraction of sp³-hybridized carbons (Fsp3) is 0.526. The van der Waals surface area contributed by atoms with Crippen molar-refractivity contribution < 1.29 is 9.53 Å². The summed E-state index contributed by atoms with van der Waals surface area (Å²) in [6.07, 6.45) is 2.68. The van der Waals surface area contributed by atoms with Crippen molar-refractivity contribution in [3.05, 3.63) is 29.8 Å². The van der Waals surface area contributed by atoms with Crippen molar-refractivity contribution in [3.63, 3.8) is 0 Å². The monoisotopic (exact) mass is 316 g/mol. The minimum absolute atomic E-state index is 0.0544. The Kier molecular flexibility index (Phi) is 4.47. The first-order valence-corrected chi connectivity index (χ1v) is 8.04. The normalized spacial score (nSPS) is 17.7. The van der Waals surface area contributed by atoms with Crippen molar-refractivity contribution in [3.8, 4) is 5.75 Å². The Morgan fingerprint density at radius 2 is 2.00 bits per heavy atom. The zero-order valence-electron chi connectivity index (χ0n) is 15.1. The number of carbonyl (C=O) groups excluding carboxylic acids is 1. The number of urea groups is 1. The molecule has 1 aliphatic heterocycles. The van der Waals surface area contributed by atoms with Gasteiger partial charge in [-0.15, -0.1) is 0 Å². The fourth-order valence-electron chi connectivity index (χ4n) is 2.89. The predicted octanol–water partition coefficient (Wildman–Crippen LogP) is 4.33. The first-order chi connectivity index (χ1) is 10.6. The van der Waals surface area contributed by atoms with Crippen LogP contribution in [0.4, 0.5) is 10.5 Å². The van der Waals surface area contributed by atoms with Crippen LogP contribution in [-0.4, -0.2) is 25.2 Å². The standard InChI is InChI=1S/C19H28N2O2/c1-8-13-11-14(12-15(16(13)23-7)18(2,3)4)21-10-9-19(5,6)20-17(21)22/h8,11-12H,1,9-10H2,2-7H3,(H,20,22). The molecule has 2 rings (SSSR count). The van der Waals surface area contributed by atoms with Crippen molar-refractivity contribution in [2.24, 2.45) is 0 Å². The van der Waals surface area contributed by atoms with Gasteiger partial charge in [0.1, 0.15) is 5.75 Å². The molecule has 2 amide bonds. The van der Waals surface area contributed by atoms with Gasteiger partial charge < -0.3 is 10.1 Å². The Morgan fingerprint density at radius 3 is 2.48 bits per heavy atom. The van der Waals surface area contributed by atoms with E-state index in [2.05, 4.69) is 38.7 Å². The van der Waals surface area contributed by atoms with Gasteiger partial charge >= 0.3 is 6.03 Å². The minimum Gasteiger partial charge on any atom is -0.496 e. The van der Waals surface area contributed by atoms with E-state index in [1.807, 2.05) is 19.9 Å². The molecule has 0 unspecified atom stereocenters. The number of hydrogen-bond acceptors (Lipinski definition) is 2. The molecule has 0 aliphatic carbocycles. The second kappa shape index (κ2) is 5.91. The number of amides is 2. The van der Waals surface area contributed by atoms with Crippen LogP contribution in [0.2, 0.25) is 0 Å². The molecule has 0 saturated carbocycles. The highest BCUT2D eigenvalue weighted by Crippen LogP contribution is 2.38. The van der Waals surface area contributed by atoms with Crippen molar-refractivity contribution in [1.82, 2.24) is 5.32 Å². The molecule has 0 spiro atoms. The van der Waals surface area contributed by atoms with E-state index in [4.69, 9.17) is 4.74 Å². The summed E-state index contributed by atoms with van der Waals surface area (Å²) in [5, 5.41) is 3.06. The predicted molar refractivity (Wildman–Crippen MR) is 96.4 cm³/mol. The minimum atomic E-state index is -0.159. The third kappa shape index (κ3) is 3.52. The van der Waals surface area contributed by atoms with Gasteiger partial charge in [-0.2, -0.15) is 0 Å². The average Bonchev–Trinajstić information content (AvgIpc) is 2.44. The lowest BCUT2D eigenvalue weighted by Gasteiger charge is -2.38. The maximum absolute atomic E-state index is 12.5. The third-order valence-electron chi connectivity index (χ3n) is 4.30. The van der Waals surface area contributed by atoms with E-state index in [0.29, 0.717) is 6.54 Å². The Balaban J connectivity index is 2.52. The lowest BCUT2D eigenvalue weighted by Crippen LogP contribution is -2.57. The highest BCUT2D eigenvalue weighted by Gasteiger charge is 2.32. The summed E-state index contributed by atoms with van der Waals surface area (Å²) in [6, 6.07) is 3.98. The molecule has 1 N–H and O–H groups in total. The Hall–Kier alpha value is -1.97. The van der Waals surface area contributed by atoms with Crippen LogP contribution in [0, 0.1) is 0 Å². The Morgan fingerprint density at radius 1 is 1.35 bits per heavy atom. The summed E-state index contributed by atoms with van der Waals surface area (Å²) < 4.78 is 5.61. The van der Waals surface area contributed by atoms with Crippen LogP contribution in [0.5, 0.6) is 5.75 Å². The molecule has 23 heavy (non-hydrogen) atoms. The van der Waals surface area contributed by atoms with Gasteiger partial charge in [0.15, 0.2) is 0 Å². The van der Waals surface area contributed by atoms with Crippen LogP contribution < -0.4 is 15.0 Å². The largest absolute Gasteiger partial charge is 0.496 e. The van der Waals surface area contributed by atoms with Gasteiger partial charge in [-0.3, -0.25) is 4.90 Å². The summed E-state index contributed by atoms with van der Waals surface area (Å²) in [7, 11) is 1.67. The molecule has 0 aromatic heterocycles. The van der Waals surface area contributed by atoms with Crippen molar-refractivity contribution in [2.45, 2.75) is 52.0 Å². The SMILES string of the molecule is C=Cc1cc(N2CCC(C)(C)NC2=O)cc(C(C)(C)C)c1OC. The van der Waals surface area contributed by atoms with Gasteiger partial charge in [0, 0.05) is 28.9 Å². The maximum atomic E-state index is 12.5. The molecule has 1 aliphatic rings. The second-order valence-electron chi connectivity index (χ2n) is 7.79. The van der Waals surface area contributed by atoms with E-state index in [-0.39, 0.29) is 17.0 Å². The Bertz CT molecular complexity index is 627. The molecule has 0 bridgehead atoms. The molecule has 1 fully saturated rings. The fourth-order valence-corrected chi connectivity index (χ4v) is 2.89. The van der Waals surface area contributed by atoms with Gasteiger partial charge in [-0.1, -0.05) is 33.4 Å². The van der Waals surface area contributed by atoms with Crippen LogP contribution >= 0.6 is 0 Å². The van der Waals surface area contributed by atoms with Crippen LogP contribution in [0.3, 0.4) is 0 Å². The van der Waals surface area contributed by atoms with E-state index in [1.54, 1.807) is 18.1 Å². The number of rotatable bonds is 3. The first kappa shape index (κ1) is 17.4. The number of methoxy groups -OCH3 is 1. The number of carbonyl (C=O) groups is 1. The van der Waals surface area contributed by atoms with E-state index >= 15 is 0 Å². The molecule has 126 valence electrons. The lowest BCUT2D eigenvalue weighted by molar-refractivity contribution is 0.224. The number of hydrogen-bond donors (Lipinski definition) is 1. The lowest BCUT2D eigenvalue weighted by atomic mass is 9.84. The van der Waals surface area contributed by atoms with Gasteiger partial charge in [-0.05, 0) is 37.8 Å². The average molecular weight is 316 g/mol.